The van der Waals surface area contributed by atoms with Gasteiger partial charge in [0.2, 0.25) is 0 Å². The van der Waals surface area contributed by atoms with Crippen LogP contribution in [0.4, 0.5) is 5.69 Å². The van der Waals surface area contributed by atoms with Crippen molar-refractivity contribution in [3.63, 3.8) is 0 Å². The number of benzene rings is 1. The van der Waals surface area contributed by atoms with E-state index in [1.54, 1.807) is 0 Å². The highest BCUT2D eigenvalue weighted by Crippen LogP contribution is 2.34. The molecule has 0 unspecified atom stereocenters. The van der Waals surface area contributed by atoms with Gasteiger partial charge in [-0.3, -0.25) is 4.98 Å². The molecule has 0 radical (unpaired) electrons. The minimum atomic E-state index is 0.648. The molecule has 20 heavy (non-hydrogen) atoms. The van der Waals surface area contributed by atoms with Crippen LogP contribution in [0.2, 0.25) is 0 Å². The Kier molecular flexibility index (Phi) is 3.14. The van der Waals surface area contributed by atoms with Gasteiger partial charge in [0, 0.05) is 21.7 Å². The molecule has 0 aliphatic carbocycles. The Morgan fingerprint density at radius 2 is 1.90 bits per heavy atom. The van der Waals surface area contributed by atoms with Gasteiger partial charge in [0.25, 0.3) is 5.22 Å². The van der Waals surface area contributed by atoms with Crippen molar-refractivity contribution in [1.29, 1.82) is 0 Å². The van der Waals surface area contributed by atoms with Gasteiger partial charge >= 0.3 is 0 Å². The van der Waals surface area contributed by atoms with Crippen molar-refractivity contribution in [3.05, 3.63) is 41.4 Å². The van der Waals surface area contributed by atoms with Crippen LogP contribution in [-0.4, -0.2) is 9.97 Å². The van der Waals surface area contributed by atoms with E-state index in [2.05, 4.69) is 9.97 Å². The summed E-state index contributed by atoms with van der Waals surface area (Å²) in [6.07, 6.45) is 0. The molecule has 0 saturated heterocycles. The second kappa shape index (κ2) is 4.83. The van der Waals surface area contributed by atoms with Gasteiger partial charge in [0.05, 0.1) is 11.2 Å². The van der Waals surface area contributed by atoms with Gasteiger partial charge in [-0.25, -0.2) is 4.98 Å². The summed E-state index contributed by atoms with van der Waals surface area (Å²) in [5, 5.41) is 1.67. The maximum absolute atomic E-state index is 5.88. The fraction of sp³-hybridized carbons (Fsp3) is 0.200. The van der Waals surface area contributed by atoms with Gasteiger partial charge < -0.3 is 10.2 Å². The predicted octanol–water partition coefficient (Wildman–Crippen LogP) is 3.88. The zero-order chi connectivity index (χ0) is 14.3. The Labute approximate surface area is 121 Å². The van der Waals surface area contributed by atoms with Crippen molar-refractivity contribution in [2.45, 2.75) is 30.9 Å². The third kappa shape index (κ3) is 2.36. The summed E-state index contributed by atoms with van der Waals surface area (Å²) in [7, 11) is 0. The first kappa shape index (κ1) is 13.0. The first-order valence-electron chi connectivity index (χ1n) is 6.31. The van der Waals surface area contributed by atoms with Gasteiger partial charge in [-0.1, -0.05) is 0 Å². The van der Waals surface area contributed by atoms with Gasteiger partial charge in [-0.05, 0) is 56.8 Å². The highest BCUT2D eigenvalue weighted by atomic mass is 32.2. The van der Waals surface area contributed by atoms with E-state index < -0.39 is 0 Å². The fourth-order valence-electron chi connectivity index (χ4n) is 2.00. The van der Waals surface area contributed by atoms with Crippen molar-refractivity contribution >= 4 is 28.4 Å². The number of oxazole rings is 1. The molecule has 0 aliphatic rings. The van der Waals surface area contributed by atoms with Crippen LogP contribution < -0.4 is 5.73 Å². The average Bonchev–Trinajstić information content (AvgIpc) is 2.69. The molecule has 0 amide bonds. The average molecular weight is 285 g/mol. The fourth-order valence-corrected chi connectivity index (χ4v) is 3.04. The molecule has 2 heterocycles. The highest BCUT2D eigenvalue weighted by molar-refractivity contribution is 7.99. The number of rotatable bonds is 2. The molecular formula is C15H15N3OS. The predicted molar refractivity (Wildman–Crippen MR) is 81.0 cm³/mol. The Morgan fingerprint density at radius 1 is 1.10 bits per heavy atom. The third-order valence-electron chi connectivity index (χ3n) is 3.13. The van der Waals surface area contributed by atoms with Crippen molar-refractivity contribution in [3.8, 4) is 0 Å². The molecule has 1 aromatic carbocycles. The van der Waals surface area contributed by atoms with Crippen LogP contribution >= 0.6 is 11.8 Å². The van der Waals surface area contributed by atoms with E-state index in [4.69, 9.17) is 10.2 Å². The van der Waals surface area contributed by atoms with Crippen LogP contribution in [0.15, 0.2) is 38.8 Å². The van der Waals surface area contributed by atoms with E-state index in [-0.39, 0.29) is 0 Å². The van der Waals surface area contributed by atoms with Crippen molar-refractivity contribution in [1.82, 2.24) is 9.97 Å². The molecule has 5 heteroatoms. The molecule has 2 aromatic heterocycles. The molecule has 0 saturated carbocycles. The molecule has 3 rings (SSSR count). The Morgan fingerprint density at radius 3 is 2.60 bits per heavy atom. The number of nitrogen functional groups attached to an aromatic ring is 1. The summed E-state index contributed by atoms with van der Waals surface area (Å²) < 4.78 is 5.64. The third-order valence-corrected chi connectivity index (χ3v) is 4.04. The molecule has 102 valence electrons. The second-order valence-corrected chi connectivity index (χ2v) is 5.75. The van der Waals surface area contributed by atoms with E-state index in [0.29, 0.717) is 5.22 Å². The lowest BCUT2D eigenvalue weighted by atomic mass is 10.2. The molecule has 4 nitrogen and oxygen atoms in total. The number of anilines is 1. The SMILES string of the molecule is Cc1cc(Sc2nc(C)c(C)o2)c2cc(N)ccc2n1. The summed E-state index contributed by atoms with van der Waals surface area (Å²) >= 11 is 1.50. The monoisotopic (exact) mass is 285 g/mol. The number of pyridine rings is 1. The van der Waals surface area contributed by atoms with Crippen LogP contribution in [0.5, 0.6) is 0 Å². The summed E-state index contributed by atoms with van der Waals surface area (Å²) in [5.41, 5.74) is 9.42. The largest absolute Gasteiger partial charge is 0.436 e. The maximum atomic E-state index is 5.88. The first-order chi connectivity index (χ1) is 9.52. The van der Waals surface area contributed by atoms with Crippen molar-refractivity contribution in [2.75, 3.05) is 5.73 Å². The lowest BCUT2D eigenvalue weighted by Crippen LogP contribution is -1.90. The van der Waals surface area contributed by atoms with E-state index in [1.807, 2.05) is 45.0 Å². The van der Waals surface area contributed by atoms with E-state index >= 15 is 0 Å². The standard InChI is InChI=1S/C15H15N3OS/c1-8-6-14(20-15-18-9(2)10(3)19-15)12-7-11(16)4-5-13(12)17-8/h4-7H,16H2,1-3H3. The molecule has 0 aliphatic heterocycles. The normalized spacial score (nSPS) is 11.2. The van der Waals surface area contributed by atoms with Crippen LogP contribution in [0.3, 0.4) is 0 Å². The summed E-state index contributed by atoms with van der Waals surface area (Å²) in [6, 6.07) is 7.77. The van der Waals surface area contributed by atoms with E-state index in [9.17, 15) is 0 Å². The number of aromatic nitrogens is 2. The second-order valence-electron chi connectivity index (χ2n) is 4.76. The Bertz CT molecular complexity index is 776. The molecular weight excluding hydrogens is 270 g/mol. The van der Waals surface area contributed by atoms with Gasteiger partial charge in [0.15, 0.2) is 0 Å². The number of hydrogen-bond donors (Lipinski definition) is 1. The van der Waals surface area contributed by atoms with Crippen molar-refractivity contribution in [2.24, 2.45) is 0 Å². The highest BCUT2D eigenvalue weighted by Gasteiger charge is 2.11. The number of hydrogen-bond acceptors (Lipinski definition) is 5. The van der Waals surface area contributed by atoms with E-state index in [1.165, 1.54) is 11.8 Å². The lowest BCUT2D eigenvalue weighted by Gasteiger charge is -2.06. The minimum Gasteiger partial charge on any atom is -0.436 e. The molecule has 2 N–H and O–H groups in total. The van der Waals surface area contributed by atoms with E-state index in [0.717, 1.165) is 38.6 Å². The van der Waals surface area contributed by atoms with Crippen LogP contribution in [0, 0.1) is 20.8 Å². The first-order valence-corrected chi connectivity index (χ1v) is 7.13. The summed E-state index contributed by atoms with van der Waals surface area (Å²) in [5.74, 6) is 0.849. The quantitative estimate of drug-likeness (QED) is 0.724. The van der Waals surface area contributed by atoms with Crippen LogP contribution in [0.25, 0.3) is 10.9 Å². The molecule has 3 aromatic rings. The lowest BCUT2D eigenvalue weighted by molar-refractivity contribution is 0.431. The number of nitrogens with zero attached hydrogens (tertiary/aromatic N) is 2. The zero-order valence-electron chi connectivity index (χ0n) is 11.6. The Hall–Kier alpha value is -2.01. The topological polar surface area (TPSA) is 64.9 Å². The summed E-state index contributed by atoms with van der Waals surface area (Å²) in [6.45, 7) is 5.84. The minimum absolute atomic E-state index is 0.648. The molecule has 0 spiro atoms. The zero-order valence-corrected chi connectivity index (χ0v) is 12.4. The maximum Gasteiger partial charge on any atom is 0.261 e. The van der Waals surface area contributed by atoms with Crippen LogP contribution in [-0.2, 0) is 0 Å². The van der Waals surface area contributed by atoms with Gasteiger partial charge in [-0.15, -0.1) is 0 Å². The summed E-state index contributed by atoms with van der Waals surface area (Å²) in [4.78, 5) is 9.99. The molecule has 0 atom stereocenters. The number of aryl methyl sites for hydroxylation is 3. The van der Waals surface area contributed by atoms with Crippen molar-refractivity contribution < 1.29 is 4.42 Å². The van der Waals surface area contributed by atoms with Gasteiger partial charge in [0.1, 0.15) is 5.76 Å². The molecule has 0 bridgehead atoms. The van der Waals surface area contributed by atoms with Gasteiger partial charge in [-0.2, -0.15) is 0 Å². The number of nitrogens with two attached hydrogens (primary N) is 1. The number of fused-ring (bicyclic) bond motifs is 1. The van der Waals surface area contributed by atoms with Crippen LogP contribution in [0.1, 0.15) is 17.1 Å². The molecule has 0 fully saturated rings. The smallest absolute Gasteiger partial charge is 0.261 e. The Balaban J connectivity index is 2.12.